The van der Waals surface area contributed by atoms with Crippen LogP contribution >= 0.6 is 0 Å². The summed E-state index contributed by atoms with van der Waals surface area (Å²) >= 11 is 0. The highest BCUT2D eigenvalue weighted by atomic mass is 32.2. The second-order valence-corrected chi connectivity index (χ2v) is 11.2. The number of anilines is 1. The van der Waals surface area contributed by atoms with Gasteiger partial charge in [-0.3, -0.25) is 14.3 Å². The molecule has 0 heterocycles. The molecule has 0 aliphatic rings. The molecule has 2 aromatic carbocycles. The largest absolute Gasteiger partial charge is 0.465 e. The highest BCUT2D eigenvalue weighted by Crippen LogP contribution is 2.23. The van der Waals surface area contributed by atoms with Crippen LogP contribution in [0.2, 0.25) is 0 Å². The minimum absolute atomic E-state index is 0.150. The Bertz CT molecular complexity index is 1100. The Labute approximate surface area is 201 Å². The van der Waals surface area contributed by atoms with Crippen molar-refractivity contribution >= 4 is 27.6 Å². The number of ether oxygens (including phenoxy) is 1. The van der Waals surface area contributed by atoms with Crippen LogP contribution in [-0.2, 0) is 30.8 Å². The van der Waals surface area contributed by atoms with Gasteiger partial charge >= 0.3 is 5.97 Å². The second kappa shape index (κ2) is 11.5. The van der Waals surface area contributed by atoms with Gasteiger partial charge in [-0.2, -0.15) is 0 Å². The molecular formula is C25H33FN2O5S. The van der Waals surface area contributed by atoms with Crippen LogP contribution < -0.4 is 10.0 Å². The maximum atomic E-state index is 14.3. The highest BCUT2D eigenvalue weighted by Gasteiger charge is 2.25. The Morgan fingerprint density at radius 2 is 1.74 bits per heavy atom. The first kappa shape index (κ1) is 27.3. The lowest BCUT2D eigenvalue weighted by Crippen LogP contribution is -2.36. The Morgan fingerprint density at radius 1 is 1.09 bits per heavy atom. The van der Waals surface area contributed by atoms with E-state index >= 15 is 0 Å². The van der Waals surface area contributed by atoms with E-state index in [-0.39, 0.29) is 36.6 Å². The lowest BCUT2D eigenvalue weighted by molar-refractivity contribution is -0.154. The molecule has 0 radical (unpaired) electrons. The van der Waals surface area contributed by atoms with E-state index in [0.29, 0.717) is 12.0 Å². The molecule has 0 bridgehead atoms. The smallest absolute Gasteiger partial charge is 0.311 e. The molecule has 0 saturated carbocycles. The Balaban J connectivity index is 2.05. The third-order valence-electron chi connectivity index (χ3n) is 5.18. The molecule has 7 nitrogen and oxygen atoms in total. The average Bonchev–Trinajstić information content (AvgIpc) is 2.75. The summed E-state index contributed by atoms with van der Waals surface area (Å²) in [4.78, 5) is 25.0. The number of hydrogen-bond donors (Lipinski definition) is 2. The normalized spacial score (nSPS) is 13.6. The van der Waals surface area contributed by atoms with Crippen LogP contribution in [0, 0.1) is 17.2 Å². The van der Waals surface area contributed by atoms with Crippen molar-refractivity contribution in [2.24, 2.45) is 11.3 Å². The van der Waals surface area contributed by atoms with Crippen LogP contribution in [0.5, 0.6) is 0 Å². The van der Waals surface area contributed by atoms with Gasteiger partial charge in [0.25, 0.3) is 0 Å². The minimum atomic E-state index is -3.62. The zero-order valence-electron chi connectivity index (χ0n) is 20.2. The molecule has 0 spiro atoms. The van der Waals surface area contributed by atoms with Crippen molar-refractivity contribution in [3.8, 4) is 0 Å². The van der Waals surface area contributed by atoms with E-state index in [1.165, 1.54) is 12.1 Å². The third-order valence-corrected chi connectivity index (χ3v) is 5.77. The molecule has 2 aromatic rings. The molecule has 34 heavy (non-hydrogen) atoms. The maximum Gasteiger partial charge on any atom is 0.311 e. The zero-order valence-corrected chi connectivity index (χ0v) is 21.0. The topological polar surface area (TPSA) is 102 Å². The standard InChI is InChI=1S/C25H33FN2O5S/c1-17(20-11-12-22(21(26)14-20)28-34(5,31)32)23(29)27-15-19(13-18-9-7-6-8-10-18)16-33-24(30)25(2,3)4/h6-12,14,17,19,28H,13,15-16H2,1-5H3,(H,27,29)/t17-,19-/m1/s1. The van der Waals surface area contributed by atoms with Crippen LogP contribution in [0.25, 0.3) is 0 Å². The molecule has 2 N–H and O–H groups in total. The molecule has 2 rings (SSSR count). The molecule has 0 aliphatic carbocycles. The molecule has 0 unspecified atom stereocenters. The van der Waals surface area contributed by atoms with Gasteiger partial charge in [0.1, 0.15) is 5.82 Å². The summed E-state index contributed by atoms with van der Waals surface area (Å²) in [6.07, 6.45) is 1.54. The predicted molar refractivity (Wildman–Crippen MR) is 130 cm³/mol. The van der Waals surface area contributed by atoms with Crippen molar-refractivity contribution in [2.75, 3.05) is 24.1 Å². The molecule has 0 aromatic heterocycles. The van der Waals surface area contributed by atoms with Gasteiger partial charge in [0.05, 0.1) is 29.9 Å². The van der Waals surface area contributed by atoms with Gasteiger partial charge in [-0.05, 0) is 57.4 Å². The van der Waals surface area contributed by atoms with Gasteiger partial charge in [0.15, 0.2) is 0 Å². The first-order valence-corrected chi connectivity index (χ1v) is 12.9. The van der Waals surface area contributed by atoms with E-state index in [0.717, 1.165) is 17.9 Å². The molecule has 0 saturated heterocycles. The predicted octanol–water partition coefficient (Wildman–Crippen LogP) is 3.87. The van der Waals surface area contributed by atoms with Crippen LogP contribution in [0.15, 0.2) is 48.5 Å². The highest BCUT2D eigenvalue weighted by molar-refractivity contribution is 7.92. The molecule has 186 valence electrons. The fourth-order valence-electron chi connectivity index (χ4n) is 3.18. The number of hydrogen-bond acceptors (Lipinski definition) is 5. The lowest BCUT2D eigenvalue weighted by atomic mass is 9.96. The van der Waals surface area contributed by atoms with Crippen LogP contribution in [0.4, 0.5) is 10.1 Å². The molecule has 0 fully saturated rings. The fraction of sp³-hybridized carbons (Fsp3) is 0.440. The SMILES string of the molecule is C[C@@H](C(=O)NC[C@H](COC(=O)C(C)(C)C)Cc1ccccc1)c1ccc(NS(C)(=O)=O)c(F)c1. The Kier molecular flexibility index (Phi) is 9.21. The van der Waals surface area contributed by atoms with Gasteiger partial charge in [-0.25, -0.2) is 12.8 Å². The van der Waals surface area contributed by atoms with E-state index in [1.807, 2.05) is 30.3 Å². The van der Waals surface area contributed by atoms with Crippen molar-refractivity contribution in [3.63, 3.8) is 0 Å². The monoisotopic (exact) mass is 492 g/mol. The van der Waals surface area contributed by atoms with Crippen molar-refractivity contribution in [3.05, 3.63) is 65.5 Å². The molecule has 1 amide bonds. The number of benzene rings is 2. The summed E-state index contributed by atoms with van der Waals surface area (Å²) in [5.74, 6) is -2.22. The maximum absolute atomic E-state index is 14.3. The first-order valence-electron chi connectivity index (χ1n) is 11.0. The van der Waals surface area contributed by atoms with Gasteiger partial charge in [-0.1, -0.05) is 36.4 Å². The third kappa shape index (κ3) is 8.78. The first-order chi connectivity index (χ1) is 15.8. The van der Waals surface area contributed by atoms with Crippen molar-refractivity contribution in [1.29, 1.82) is 0 Å². The summed E-state index contributed by atoms with van der Waals surface area (Å²) in [6, 6.07) is 13.6. The number of carbonyl (C=O) groups is 2. The van der Waals surface area contributed by atoms with Crippen molar-refractivity contribution in [1.82, 2.24) is 5.32 Å². The number of rotatable bonds is 10. The summed E-state index contributed by atoms with van der Waals surface area (Å²) in [6.45, 7) is 7.40. The van der Waals surface area contributed by atoms with Gasteiger partial charge in [-0.15, -0.1) is 0 Å². The fourth-order valence-corrected chi connectivity index (χ4v) is 3.75. The van der Waals surface area contributed by atoms with Gasteiger partial charge in [0, 0.05) is 12.5 Å². The van der Waals surface area contributed by atoms with Crippen molar-refractivity contribution in [2.45, 2.75) is 40.0 Å². The molecule has 9 heteroatoms. The Morgan fingerprint density at radius 3 is 2.29 bits per heavy atom. The van der Waals surface area contributed by atoms with E-state index in [2.05, 4.69) is 10.0 Å². The molecule has 0 aliphatic heterocycles. The van der Waals surface area contributed by atoms with Crippen LogP contribution in [-0.4, -0.2) is 39.7 Å². The number of sulfonamides is 1. The molecular weight excluding hydrogens is 459 g/mol. The average molecular weight is 493 g/mol. The summed E-state index contributed by atoms with van der Waals surface area (Å²) in [7, 11) is -3.62. The van der Waals surface area contributed by atoms with Crippen LogP contribution in [0.1, 0.15) is 44.7 Å². The van der Waals surface area contributed by atoms with Crippen LogP contribution in [0.3, 0.4) is 0 Å². The number of esters is 1. The van der Waals surface area contributed by atoms with E-state index in [4.69, 9.17) is 4.74 Å². The second-order valence-electron chi connectivity index (χ2n) is 9.48. The van der Waals surface area contributed by atoms with E-state index < -0.39 is 27.2 Å². The molecule has 2 atom stereocenters. The Hall–Kier alpha value is -2.94. The van der Waals surface area contributed by atoms with Gasteiger partial charge in [0.2, 0.25) is 15.9 Å². The number of nitrogens with one attached hydrogen (secondary N) is 2. The number of halogens is 1. The summed E-state index contributed by atoms with van der Waals surface area (Å²) in [5.41, 5.74) is 0.657. The number of carbonyl (C=O) groups excluding carboxylic acids is 2. The van der Waals surface area contributed by atoms with Crippen molar-refractivity contribution < 1.29 is 27.1 Å². The lowest BCUT2D eigenvalue weighted by Gasteiger charge is -2.22. The summed E-state index contributed by atoms with van der Waals surface area (Å²) < 4.78 is 44.6. The number of amides is 1. The van der Waals surface area contributed by atoms with E-state index in [1.54, 1.807) is 27.7 Å². The zero-order chi connectivity index (χ0) is 25.5. The van der Waals surface area contributed by atoms with E-state index in [9.17, 15) is 22.4 Å². The van der Waals surface area contributed by atoms with Gasteiger partial charge < -0.3 is 10.1 Å². The summed E-state index contributed by atoms with van der Waals surface area (Å²) in [5, 5.41) is 2.87. The quantitative estimate of drug-likeness (QED) is 0.491. The minimum Gasteiger partial charge on any atom is -0.465 e.